The molecule has 4 N–H and O–H groups in total. The summed E-state index contributed by atoms with van der Waals surface area (Å²) >= 11 is 0. The van der Waals surface area contributed by atoms with Gasteiger partial charge >= 0.3 is 6.36 Å². The van der Waals surface area contributed by atoms with E-state index >= 15 is 0 Å². The van der Waals surface area contributed by atoms with Crippen LogP contribution in [0.2, 0.25) is 0 Å². The Labute approximate surface area is 235 Å². The lowest BCUT2D eigenvalue weighted by Gasteiger charge is -2.26. The van der Waals surface area contributed by atoms with Crippen LogP contribution in [0, 0.1) is 0 Å². The van der Waals surface area contributed by atoms with E-state index in [-0.39, 0.29) is 30.4 Å². The highest BCUT2D eigenvalue weighted by Crippen LogP contribution is 2.34. The van der Waals surface area contributed by atoms with Gasteiger partial charge in [0.1, 0.15) is 5.75 Å². The van der Waals surface area contributed by atoms with Crippen molar-refractivity contribution in [3.05, 3.63) is 95.1 Å². The highest BCUT2D eigenvalue weighted by Gasteiger charge is 2.31. The Hall–Kier alpha value is -4.54. The average molecular weight is 567 g/mol. The number of anilines is 1. The molecule has 11 heteroatoms. The third kappa shape index (κ3) is 8.47. The molecule has 0 saturated heterocycles. The number of guanidine groups is 1. The van der Waals surface area contributed by atoms with Gasteiger partial charge in [-0.3, -0.25) is 9.59 Å². The van der Waals surface area contributed by atoms with Crippen LogP contribution in [0.3, 0.4) is 0 Å². The van der Waals surface area contributed by atoms with Crippen molar-refractivity contribution in [2.75, 3.05) is 4.90 Å². The first-order valence-corrected chi connectivity index (χ1v) is 13.2. The monoisotopic (exact) mass is 566 g/mol. The zero-order chi connectivity index (χ0) is 29.4. The SMILES string of the molecule is NC(N=[NH2+])=NC(=O)c1ccc(CN(C(=O)Cc2cccc(OC(F)(F)F)c2)c2ccc(C3CCCCC3)cc2)cc1. The van der Waals surface area contributed by atoms with E-state index in [4.69, 9.17) is 11.3 Å². The maximum atomic E-state index is 13.6. The summed E-state index contributed by atoms with van der Waals surface area (Å²) in [5.41, 5.74) is 13.7. The molecule has 1 saturated carbocycles. The molecule has 0 unspecified atom stereocenters. The molecule has 41 heavy (non-hydrogen) atoms. The highest BCUT2D eigenvalue weighted by molar-refractivity contribution is 6.02. The average Bonchev–Trinajstić information content (AvgIpc) is 2.96. The fourth-order valence-corrected chi connectivity index (χ4v) is 4.94. The molecule has 0 aliphatic heterocycles. The number of aliphatic imine (C=N–C) groups is 1. The van der Waals surface area contributed by atoms with Gasteiger partial charge in [-0.2, -0.15) is 4.99 Å². The summed E-state index contributed by atoms with van der Waals surface area (Å²) in [6.45, 7) is 0.165. The number of nitrogens with zero attached hydrogens (tertiary/aromatic N) is 3. The van der Waals surface area contributed by atoms with Crippen LogP contribution in [-0.2, 0) is 17.8 Å². The number of carbonyl (C=O) groups is 2. The molecule has 8 nitrogen and oxygen atoms in total. The lowest BCUT2D eigenvalue weighted by molar-refractivity contribution is -0.274. The molecule has 2 amide bonds. The van der Waals surface area contributed by atoms with Crippen LogP contribution in [0.1, 0.15) is 65.1 Å². The van der Waals surface area contributed by atoms with Crippen molar-refractivity contribution in [1.82, 2.24) is 0 Å². The van der Waals surface area contributed by atoms with Gasteiger partial charge in [-0.1, -0.05) is 55.7 Å². The first kappa shape index (κ1) is 29.4. The summed E-state index contributed by atoms with van der Waals surface area (Å²) in [7, 11) is 0. The van der Waals surface area contributed by atoms with Gasteiger partial charge in [0.25, 0.3) is 11.9 Å². The fourth-order valence-electron chi connectivity index (χ4n) is 4.94. The van der Waals surface area contributed by atoms with E-state index in [1.165, 1.54) is 43.0 Å². The maximum Gasteiger partial charge on any atom is 0.573 e. The second-order valence-corrected chi connectivity index (χ2v) is 9.88. The number of amides is 2. The quantitative estimate of drug-likeness (QED) is 0.224. The van der Waals surface area contributed by atoms with Gasteiger partial charge in [0.15, 0.2) is 0 Å². The van der Waals surface area contributed by atoms with Crippen LogP contribution in [0.5, 0.6) is 5.75 Å². The second kappa shape index (κ2) is 13.2. The third-order valence-electron chi connectivity index (χ3n) is 6.96. The number of ether oxygens (including phenoxy) is 1. The number of rotatable bonds is 8. The molecule has 1 aliphatic carbocycles. The lowest BCUT2D eigenvalue weighted by atomic mass is 9.84. The van der Waals surface area contributed by atoms with Crippen LogP contribution >= 0.6 is 0 Å². The molecule has 3 aromatic rings. The molecular weight excluding hydrogens is 535 g/mol. The van der Waals surface area contributed by atoms with Crippen molar-refractivity contribution in [3.63, 3.8) is 0 Å². The summed E-state index contributed by atoms with van der Waals surface area (Å²) in [5, 5.41) is 3.16. The number of benzene rings is 3. The van der Waals surface area contributed by atoms with Crippen molar-refractivity contribution >= 4 is 23.5 Å². The van der Waals surface area contributed by atoms with Crippen molar-refractivity contribution in [2.45, 2.75) is 57.3 Å². The Morgan fingerprint density at radius 1 is 0.951 bits per heavy atom. The molecule has 4 rings (SSSR count). The summed E-state index contributed by atoms with van der Waals surface area (Å²) in [4.78, 5) is 31.0. The summed E-state index contributed by atoms with van der Waals surface area (Å²) in [6.07, 6.45) is 0.942. The van der Waals surface area contributed by atoms with E-state index in [0.717, 1.165) is 18.4 Å². The maximum absolute atomic E-state index is 13.6. The van der Waals surface area contributed by atoms with Crippen LogP contribution < -0.4 is 20.9 Å². The number of nitrogens with two attached hydrogens (primary N) is 2. The molecule has 0 radical (unpaired) electrons. The van der Waals surface area contributed by atoms with Gasteiger partial charge in [-0.25, -0.2) is 0 Å². The topological polar surface area (TPSA) is 123 Å². The number of hydrogen-bond acceptors (Lipinski definition) is 3. The van der Waals surface area contributed by atoms with Gasteiger partial charge in [0, 0.05) is 16.4 Å². The zero-order valence-corrected chi connectivity index (χ0v) is 22.3. The first-order chi connectivity index (χ1) is 19.6. The van der Waals surface area contributed by atoms with Crippen LogP contribution in [-0.4, -0.2) is 24.1 Å². The summed E-state index contributed by atoms with van der Waals surface area (Å²) in [6, 6.07) is 19.7. The molecule has 0 heterocycles. The predicted octanol–water partition coefficient (Wildman–Crippen LogP) is 5.08. The molecular formula is C30H31F3N5O3+. The minimum Gasteiger partial charge on any atom is -0.406 e. The number of halogens is 3. The predicted molar refractivity (Wildman–Crippen MR) is 147 cm³/mol. The van der Waals surface area contributed by atoms with Crippen molar-refractivity contribution < 1.29 is 33.0 Å². The molecule has 214 valence electrons. The summed E-state index contributed by atoms with van der Waals surface area (Å²) in [5.74, 6) is -1.18. The molecule has 1 fully saturated rings. The molecule has 3 aromatic carbocycles. The largest absolute Gasteiger partial charge is 0.573 e. The minimum absolute atomic E-state index is 0.146. The Bertz CT molecular complexity index is 1400. The van der Waals surface area contributed by atoms with Gasteiger partial charge in [0.05, 0.1) is 13.0 Å². The van der Waals surface area contributed by atoms with E-state index < -0.39 is 18.0 Å². The van der Waals surface area contributed by atoms with Crippen LogP contribution in [0.15, 0.2) is 82.9 Å². The zero-order valence-electron chi connectivity index (χ0n) is 22.3. The first-order valence-electron chi connectivity index (χ1n) is 13.2. The number of alkyl halides is 3. The Morgan fingerprint density at radius 3 is 2.27 bits per heavy atom. The van der Waals surface area contributed by atoms with Gasteiger partial charge in [0.2, 0.25) is 5.91 Å². The van der Waals surface area contributed by atoms with Crippen molar-refractivity contribution in [3.8, 4) is 5.75 Å². The smallest absolute Gasteiger partial charge is 0.406 e. The molecule has 0 atom stereocenters. The van der Waals surface area contributed by atoms with E-state index in [1.54, 1.807) is 35.2 Å². The standard InChI is InChI=1S/C30H30F3N5O3/c31-30(32,33)41-26-8-4-5-21(17-26)18-27(39)38(25-15-13-23(14-16-25)22-6-2-1-3-7-22)19-20-9-11-24(12-10-20)28(40)36-29(34)37-35/h4-5,8-17,22,35H,1-3,6-7,18-19H2,(H2,34,36,40)/p+1. The van der Waals surface area contributed by atoms with Gasteiger partial charge in [-0.15, -0.1) is 18.7 Å². The van der Waals surface area contributed by atoms with E-state index in [9.17, 15) is 22.8 Å². The fraction of sp³-hybridized carbons (Fsp3) is 0.300. The Morgan fingerprint density at radius 2 is 1.63 bits per heavy atom. The number of carbonyl (C=O) groups excluding carboxylic acids is 2. The van der Waals surface area contributed by atoms with E-state index in [1.807, 2.05) is 24.3 Å². The Kier molecular flexibility index (Phi) is 9.49. The van der Waals surface area contributed by atoms with Crippen LogP contribution in [0.25, 0.3) is 0 Å². The van der Waals surface area contributed by atoms with Gasteiger partial charge < -0.3 is 15.4 Å². The third-order valence-corrected chi connectivity index (χ3v) is 6.96. The molecule has 0 bridgehead atoms. The molecule has 0 spiro atoms. The molecule has 1 aliphatic rings. The second-order valence-electron chi connectivity index (χ2n) is 9.88. The van der Waals surface area contributed by atoms with Crippen LogP contribution in [0.4, 0.5) is 18.9 Å². The van der Waals surface area contributed by atoms with Gasteiger partial charge in [-0.05, 0) is 71.8 Å². The molecule has 0 aromatic heterocycles. The lowest BCUT2D eigenvalue weighted by Crippen LogP contribution is -2.32. The summed E-state index contributed by atoms with van der Waals surface area (Å²) < 4.78 is 42.1. The highest BCUT2D eigenvalue weighted by atomic mass is 19.4. The van der Waals surface area contributed by atoms with E-state index in [0.29, 0.717) is 17.2 Å². The number of hydrogen-bond donors (Lipinski definition) is 2. The normalized spacial score (nSPS) is 14.4. The van der Waals surface area contributed by atoms with Crippen molar-refractivity contribution in [2.24, 2.45) is 15.8 Å². The van der Waals surface area contributed by atoms with E-state index in [2.05, 4.69) is 14.8 Å². The Balaban J connectivity index is 1.57. The minimum atomic E-state index is -4.83. The van der Waals surface area contributed by atoms with Crippen molar-refractivity contribution in [1.29, 1.82) is 0 Å².